The number of carbonyl (C=O) groups excluding carboxylic acids is 2. The summed E-state index contributed by atoms with van der Waals surface area (Å²) in [6, 6.07) is 1.67. The van der Waals surface area contributed by atoms with Crippen LogP contribution in [0.3, 0.4) is 0 Å². The Morgan fingerprint density at radius 3 is 3.00 bits per heavy atom. The first-order valence-corrected chi connectivity index (χ1v) is 7.80. The topological polar surface area (TPSA) is 81.2 Å². The number of thioether (sulfide) groups is 1. The summed E-state index contributed by atoms with van der Waals surface area (Å²) in [6.07, 6.45) is 0. The molecular weight excluding hydrogens is 306 g/mol. The number of hydrogen-bond donors (Lipinski definition) is 1. The van der Waals surface area contributed by atoms with Gasteiger partial charge in [0.2, 0.25) is 5.91 Å². The van der Waals surface area contributed by atoms with E-state index in [-0.39, 0.29) is 11.7 Å². The lowest BCUT2D eigenvalue weighted by atomic mass is 10.4. The molecular formula is C10H9N3O3S3. The zero-order valence-corrected chi connectivity index (χ0v) is 12.2. The summed E-state index contributed by atoms with van der Waals surface area (Å²) in [5.41, 5.74) is 2.08. The summed E-state index contributed by atoms with van der Waals surface area (Å²) >= 11 is 3.89. The van der Waals surface area contributed by atoms with Crippen LogP contribution < -0.4 is 5.32 Å². The maximum Gasteiger partial charge on any atom is 0.350 e. The van der Waals surface area contributed by atoms with Gasteiger partial charge < -0.3 is 10.1 Å². The fourth-order valence-electron chi connectivity index (χ4n) is 1.20. The summed E-state index contributed by atoms with van der Waals surface area (Å²) < 4.78 is 5.36. The van der Waals surface area contributed by atoms with Crippen LogP contribution in [-0.2, 0) is 9.53 Å². The molecule has 2 heterocycles. The maximum absolute atomic E-state index is 11.7. The monoisotopic (exact) mass is 315 g/mol. The molecule has 0 aromatic carbocycles. The molecule has 0 aliphatic rings. The zero-order valence-electron chi connectivity index (χ0n) is 9.78. The number of nitrogens with zero attached hydrogens (tertiary/aromatic N) is 2. The van der Waals surface area contributed by atoms with E-state index in [0.717, 1.165) is 4.34 Å². The van der Waals surface area contributed by atoms with Crippen molar-refractivity contribution in [2.45, 2.75) is 4.34 Å². The first-order valence-electron chi connectivity index (χ1n) is 5.05. The van der Waals surface area contributed by atoms with Gasteiger partial charge in [0.15, 0.2) is 4.34 Å². The number of aromatic nitrogens is 2. The highest BCUT2D eigenvalue weighted by Gasteiger charge is 2.15. The van der Waals surface area contributed by atoms with Gasteiger partial charge in [0.25, 0.3) is 0 Å². The highest BCUT2D eigenvalue weighted by molar-refractivity contribution is 8.01. The number of amides is 1. The number of esters is 1. The molecule has 1 amide bonds. The van der Waals surface area contributed by atoms with E-state index in [1.807, 2.05) is 0 Å². The molecule has 2 aromatic heterocycles. The van der Waals surface area contributed by atoms with Crippen molar-refractivity contribution >= 4 is 52.0 Å². The Hall–Kier alpha value is -1.45. The van der Waals surface area contributed by atoms with E-state index in [0.29, 0.717) is 10.6 Å². The standard InChI is InChI=1S/C10H9N3O3S3/c1-16-9(15)8-6(2-3-17-8)12-7(14)4-18-10-13-11-5-19-10/h2-3,5H,4H2,1H3,(H,12,14). The average molecular weight is 315 g/mol. The number of thiophene rings is 1. The third kappa shape index (κ3) is 3.75. The van der Waals surface area contributed by atoms with Crippen LogP contribution in [0.15, 0.2) is 21.3 Å². The molecule has 9 heteroatoms. The number of carbonyl (C=O) groups is 2. The van der Waals surface area contributed by atoms with Gasteiger partial charge in [-0.1, -0.05) is 23.1 Å². The Morgan fingerprint density at radius 1 is 1.47 bits per heavy atom. The van der Waals surface area contributed by atoms with Gasteiger partial charge in [-0.25, -0.2) is 4.79 Å². The van der Waals surface area contributed by atoms with Crippen LogP contribution in [0.4, 0.5) is 5.69 Å². The van der Waals surface area contributed by atoms with Gasteiger partial charge in [0, 0.05) is 0 Å². The number of rotatable bonds is 5. The van der Waals surface area contributed by atoms with E-state index in [9.17, 15) is 9.59 Å². The molecule has 0 unspecified atom stereocenters. The Balaban J connectivity index is 1.92. The Kier molecular flexibility index (Phi) is 4.88. The Morgan fingerprint density at radius 2 is 2.32 bits per heavy atom. The van der Waals surface area contributed by atoms with E-state index in [4.69, 9.17) is 0 Å². The van der Waals surface area contributed by atoms with Crippen LogP contribution in [0.25, 0.3) is 0 Å². The van der Waals surface area contributed by atoms with Crippen molar-refractivity contribution in [3.8, 4) is 0 Å². The average Bonchev–Trinajstić information content (AvgIpc) is 3.06. The minimum atomic E-state index is -0.456. The summed E-state index contributed by atoms with van der Waals surface area (Å²) in [5, 5.41) is 11.9. The van der Waals surface area contributed by atoms with Crippen molar-refractivity contribution in [1.29, 1.82) is 0 Å². The molecule has 2 rings (SSSR count). The van der Waals surface area contributed by atoms with Gasteiger partial charge in [-0.3, -0.25) is 4.79 Å². The largest absolute Gasteiger partial charge is 0.465 e. The molecule has 0 radical (unpaired) electrons. The van der Waals surface area contributed by atoms with Crippen LogP contribution in [0.2, 0.25) is 0 Å². The summed E-state index contributed by atoms with van der Waals surface area (Å²) in [4.78, 5) is 23.6. The first kappa shape index (κ1) is 14.0. The minimum absolute atomic E-state index is 0.205. The number of nitrogens with one attached hydrogen (secondary N) is 1. The molecule has 100 valence electrons. The van der Waals surface area contributed by atoms with Crippen molar-refractivity contribution in [2.75, 3.05) is 18.2 Å². The van der Waals surface area contributed by atoms with E-state index in [2.05, 4.69) is 20.3 Å². The van der Waals surface area contributed by atoms with Crippen molar-refractivity contribution in [1.82, 2.24) is 10.2 Å². The zero-order chi connectivity index (χ0) is 13.7. The van der Waals surface area contributed by atoms with Gasteiger partial charge in [-0.15, -0.1) is 21.5 Å². The Bertz CT molecular complexity index is 568. The number of anilines is 1. The molecule has 0 saturated heterocycles. The van der Waals surface area contributed by atoms with Crippen molar-refractivity contribution < 1.29 is 14.3 Å². The van der Waals surface area contributed by atoms with Crippen LogP contribution in [-0.4, -0.2) is 34.9 Å². The molecule has 2 aromatic rings. The van der Waals surface area contributed by atoms with Gasteiger partial charge in [0.1, 0.15) is 10.4 Å². The highest BCUT2D eigenvalue weighted by Crippen LogP contribution is 2.24. The quantitative estimate of drug-likeness (QED) is 0.672. The predicted molar refractivity (Wildman–Crippen MR) is 74.9 cm³/mol. The number of ether oxygens (including phenoxy) is 1. The third-order valence-electron chi connectivity index (χ3n) is 1.98. The lowest BCUT2D eigenvalue weighted by molar-refractivity contribution is -0.113. The summed E-state index contributed by atoms with van der Waals surface area (Å²) in [5.74, 6) is -0.447. The van der Waals surface area contributed by atoms with Crippen molar-refractivity contribution in [3.05, 3.63) is 21.8 Å². The second kappa shape index (κ2) is 6.64. The molecule has 0 spiro atoms. The lowest BCUT2D eigenvalue weighted by Crippen LogP contribution is -2.15. The third-order valence-corrected chi connectivity index (χ3v) is 4.73. The predicted octanol–water partition coefficient (Wildman–Crippen LogP) is 2.12. The van der Waals surface area contributed by atoms with Crippen LogP contribution in [0.1, 0.15) is 9.67 Å². The SMILES string of the molecule is COC(=O)c1sccc1NC(=O)CSc1nncs1. The molecule has 6 nitrogen and oxygen atoms in total. The molecule has 1 N–H and O–H groups in total. The molecule has 0 saturated carbocycles. The van der Waals surface area contributed by atoms with Gasteiger partial charge in [0.05, 0.1) is 18.6 Å². The van der Waals surface area contributed by atoms with Gasteiger partial charge in [-0.05, 0) is 11.4 Å². The fourth-order valence-corrected chi connectivity index (χ4v) is 3.25. The summed E-state index contributed by atoms with van der Waals surface area (Å²) in [6.45, 7) is 0. The lowest BCUT2D eigenvalue weighted by Gasteiger charge is -2.04. The van der Waals surface area contributed by atoms with Crippen LogP contribution in [0.5, 0.6) is 0 Å². The molecule has 0 bridgehead atoms. The smallest absolute Gasteiger partial charge is 0.350 e. The van der Waals surface area contributed by atoms with Crippen LogP contribution in [0, 0.1) is 0 Å². The molecule has 19 heavy (non-hydrogen) atoms. The van der Waals surface area contributed by atoms with Crippen molar-refractivity contribution in [2.24, 2.45) is 0 Å². The minimum Gasteiger partial charge on any atom is -0.465 e. The van der Waals surface area contributed by atoms with E-state index < -0.39 is 5.97 Å². The first-order chi connectivity index (χ1) is 9.20. The molecule has 0 fully saturated rings. The van der Waals surface area contributed by atoms with Crippen molar-refractivity contribution in [3.63, 3.8) is 0 Å². The molecule has 0 atom stereocenters. The Labute approximate surface area is 121 Å². The summed E-state index contributed by atoms with van der Waals surface area (Å²) in [7, 11) is 1.30. The van der Waals surface area contributed by atoms with Crippen LogP contribution >= 0.6 is 34.4 Å². The van der Waals surface area contributed by atoms with E-state index in [1.165, 1.54) is 41.5 Å². The maximum atomic E-state index is 11.7. The highest BCUT2D eigenvalue weighted by atomic mass is 32.2. The van der Waals surface area contributed by atoms with Gasteiger partial charge in [-0.2, -0.15) is 0 Å². The number of hydrogen-bond acceptors (Lipinski definition) is 8. The van der Waals surface area contributed by atoms with Gasteiger partial charge >= 0.3 is 5.97 Å². The normalized spacial score (nSPS) is 10.2. The van der Waals surface area contributed by atoms with E-state index >= 15 is 0 Å². The second-order valence-corrected chi connectivity index (χ2v) is 6.17. The fraction of sp³-hybridized carbons (Fsp3) is 0.200. The molecule has 0 aliphatic heterocycles. The number of methoxy groups -OCH3 is 1. The second-order valence-electron chi connectivity index (χ2n) is 3.20. The molecule has 0 aliphatic carbocycles. The van der Waals surface area contributed by atoms with E-state index in [1.54, 1.807) is 17.0 Å².